The zero-order valence-corrected chi connectivity index (χ0v) is 17.5. The van der Waals surface area contributed by atoms with Gasteiger partial charge in [-0.25, -0.2) is 4.98 Å². The largest absolute Gasteiger partial charge is 0.438 e. The summed E-state index contributed by atoms with van der Waals surface area (Å²) < 4.78 is 41.2. The first-order valence-corrected chi connectivity index (χ1v) is 10.2. The Morgan fingerprint density at radius 3 is 2.47 bits per heavy atom. The molecule has 2 aromatic rings. The van der Waals surface area contributed by atoms with Crippen LogP contribution in [0, 0.1) is 13.8 Å². The van der Waals surface area contributed by atoms with E-state index in [1.54, 1.807) is 19.9 Å². The van der Waals surface area contributed by atoms with Crippen LogP contribution in [0.2, 0.25) is 0 Å². The van der Waals surface area contributed by atoms with E-state index in [0.717, 1.165) is 41.7 Å². The monoisotopic (exact) mass is 424 g/mol. The molecule has 2 heterocycles. The number of nitrogens with zero attached hydrogens (tertiary/aromatic N) is 3. The van der Waals surface area contributed by atoms with Gasteiger partial charge in [-0.3, -0.25) is 14.2 Å². The molecule has 1 amide bonds. The Bertz CT molecular complexity index is 994. The van der Waals surface area contributed by atoms with Crippen LogP contribution in [0.15, 0.2) is 16.9 Å². The molecule has 6 nitrogen and oxygen atoms in total. The van der Waals surface area contributed by atoms with Gasteiger partial charge in [0, 0.05) is 6.54 Å². The number of carbonyl (C=O) groups excluding carboxylic acids is 1. The van der Waals surface area contributed by atoms with Gasteiger partial charge in [-0.2, -0.15) is 13.2 Å². The maximum atomic E-state index is 13.4. The third-order valence-electron chi connectivity index (χ3n) is 5.69. The summed E-state index contributed by atoms with van der Waals surface area (Å²) in [7, 11) is 0. The van der Waals surface area contributed by atoms with Gasteiger partial charge in [-0.05, 0) is 82.9 Å². The number of fused-ring (bicyclic) bond motifs is 1. The minimum Gasteiger partial charge on any atom is -0.354 e. The van der Waals surface area contributed by atoms with Crippen molar-refractivity contribution < 1.29 is 18.0 Å². The second-order valence-electron chi connectivity index (χ2n) is 7.93. The zero-order chi connectivity index (χ0) is 22.1. The molecule has 1 atom stereocenters. The molecule has 1 aromatic heterocycles. The van der Waals surface area contributed by atoms with Crippen molar-refractivity contribution in [1.29, 1.82) is 0 Å². The number of aromatic nitrogens is 2. The molecular weight excluding hydrogens is 397 g/mol. The van der Waals surface area contributed by atoms with E-state index in [9.17, 15) is 22.8 Å². The van der Waals surface area contributed by atoms with Gasteiger partial charge in [0.2, 0.25) is 11.6 Å². The van der Waals surface area contributed by atoms with Crippen molar-refractivity contribution >= 4 is 16.9 Å². The molecule has 0 saturated carbocycles. The van der Waals surface area contributed by atoms with Crippen molar-refractivity contribution in [2.24, 2.45) is 0 Å². The van der Waals surface area contributed by atoms with E-state index in [-0.39, 0.29) is 11.0 Å². The van der Waals surface area contributed by atoms with Crippen LogP contribution in [0.4, 0.5) is 13.2 Å². The van der Waals surface area contributed by atoms with E-state index in [1.807, 2.05) is 0 Å². The minimum absolute atomic E-state index is 0.0405. The highest BCUT2D eigenvalue weighted by molar-refractivity contribution is 5.84. The van der Waals surface area contributed by atoms with Gasteiger partial charge in [0.25, 0.3) is 5.56 Å². The lowest BCUT2D eigenvalue weighted by molar-refractivity contribution is -0.142. The highest BCUT2D eigenvalue weighted by atomic mass is 19.4. The predicted molar refractivity (Wildman–Crippen MR) is 108 cm³/mol. The number of amides is 1. The topological polar surface area (TPSA) is 67.2 Å². The van der Waals surface area contributed by atoms with E-state index in [0.29, 0.717) is 6.54 Å². The van der Waals surface area contributed by atoms with Gasteiger partial charge in [0.05, 0.1) is 11.0 Å². The number of halogens is 3. The van der Waals surface area contributed by atoms with Crippen LogP contribution in [0.5, 0.6) is 0 Å². The summed E-state index contributed by atoms with van der Waals surface area (Å²) in [5, 5.41) is 2.75. The van der Waals surface area contributed by atoms with Crippen molar-refractivity contribution in [2.75, 3.05) is 26.2 Å². The number of rotatable bonds is 6. The summed E-state index contributed by atoms with van der Waals surface area (Å²) >= 11 is 0. The van der Waals surface area contributed by atoms with Crippen molar-refractivity contribution in [3.05, 3.63) is 39.3 Å². The standard InChI is InChI=1S/C21H27F3N4O2/c1-13-11-16-17(12-14(13)2)28(20(30)18(26-16)21(22,23)24)15(3)19(29)25-7-6-10-27-8-4-5-9-27/h11-12,15H,4-10H2,1-3H3,(H,25,29). The molecular formula is C21H27F3N4O2. The molecule has 1 N–H and O–H groups in total. The molecule has 30 heavy (non-hydrogen) atoms. The number of aryl methyl sites for hydroxylation is 2. The lowest BCUT2D eigenvalue weighted by atomic mass is 10.1. The number of hydrogen-bond acceptors (Lipinski definition) is 4. The number of benzene rings is 1. The van der Waals surface area contributed by atoms with Crippen molar-refractivity contribution in [1.82, 2.24) is 19.8 Å². The first-order chi connectivity index (χ1) is 14.1. The molecule has 1 unspecified atom stereocenters. The molecule has 164 valence electrons. The van der Waals surface area contributed by atoms with Crippen molar-refractivity contribution in [3.8, 4) is 0 Å². The van der Waals surface area contributed by atoms with Gasteiger partial charge in [-0.15, -0.1) is 0 Å². The lowest BCUT2D eigenvalue weighted by Gasteiger charge is -2.20. The Hall–Kier alpha value is -2.42. The average molecular weight is 424 g/mol. The summed E-state index contributed by atoms with van der Waals surface area (Å²) in [5.41, 5.74) is -0.998. The maximum Gasteiger partial charge on any atom is 0.438 e. The first-order valence-electron chi connectivity index (χ1n) is 10.2. The third-order valence-corrected chi connectivity index (χ3v) is 5.69. The van der Waals surface area contributed by atoms with Crippen LogP contribution in [-0.2, 0) is 11.0 Å². The molecule has 0 aliphatic carbocycles. The van der Waals surface area contributed by atoms with Gasteiger partial charge < -0.3 is 10.2 Å². The Morgan fingerprint density at radius 1 is 1.20 bits per heavy atom. The van der Waals surface area contributed by atoms with Crippen molar-refractivity contribution in [2.45, 2.75) is 52.3 Å². The molecule has 1 fully saturated rings. The molecule has 1 saturated heterocycles. The molecule has 0 radical (unpaired) electrons. The fraction of sp³-hybridized carbons (Fsp3) is 0.571. The number of nitrogens with one attached hydrogen (secondary N) is 1. The maximum absolute atomic E-state index is 13.4. The van der Waals surface area contributed by atoms with E-state index < -0.39 is 29.4 Å². The number of likely N-dealkylation sites (tertiary alicyclic amines) is 1. The quantitative estimate of drug-likeness (QED) is 0.724. The summed E-state index contributed by atoms with van der Waals surface area (Å²) in [4.78, 5) is 31.2. The second kappa shape index (κ2) is 8.75. The normalized spacial score (nSPS) is 16.2. The Morgan fingerprint density at radius 2 is 1.83 bits per heavy atom. The minimum atomic E-state index is -4.91. The predicted octanol–water partition coefficient (Wildman–Crippen LogP) is 3.20. The molecule has 0 spiro atoms. The van der Waals surface area contributed by atoms with Gasteiger partial charge in [0.1, 0.15) is 6.04 Å². The molecule has 1 aromatic carbocycles. The Balaban J connectivity index is 1.88. The molecule has 1 aliphatic rings. The molecule has 3 rings (SSSR count). The second-order valence-corrected chi connectivity index (χ2v) is 7.93. The van der Waals surface area contributed by atoms with Gasteiger partial charge in [-0.1, -0.05) is 0 Å². The smallest absolute Gasteiger partial charge is 0.354 e. The van der Waals surface area contributed by atoms with Crippen molar-refractivity contribution in [3.63, 3.8) is 0 Å². The van der Waals surface area contributed by atoms with Gasteiger partial charge in [0.15, 0.2) is 0 Å². The van der Waals surface area contributed by atoms with Gasteiger partial charge >= 0.3 is 6.18 Å². The summed E-state index contributed by atoms with van der Waals surface area (Å²) in [6.45, 7) is 8.38. The van der Waals surface area contributed by atoms with Crippen LogP contribution in [0.25, 0.3) is 11.0 Å². The van der Waals surface area contributed by atoms with E-state index >= 15 is 0 Å². The Kier molecular flexibility index (Phi) is 6.50. The van der Waals surface area contributed by atoms with Crippen LogP contribution >= 0.6 is 0 Å². The fourth-order valence-electron chi connectivity index (χ4n) is 3.81. The number of carbonyl (C=O) groups is 1. The number of hydrogen-bond donors (Lipinski definition) is 1. The fourth-order valence-corrected chi connectivity index (χ4v) is 3.81. The Labute approximate surface area is 173 Å². The van der Waals surface area contributed by atoms with Crippen LogP contribution < -0.4 is 10.9 Å². The summed E-state index contributed by atoms with van der Waals surface area (Å²) in [5.74, 6) is -0.489. The molecule has 9 heteroatoms. The lowest BCUT2D eigenvalue weighted by Crippen LogP contribution is -2.39. The average Bonchev–Trinajstić information content (AvgIpc) is 3.18. The van der Waals surface area contributed by atoms with E-state index in [4.69, 9.17) is 0 Å². The highest BCUT2D eigenvalue weighted by Gasteiger charge is 2.38. The van der Waals surface area contributed by atoms with Crippen LogP contribution in [-0.4, -0.2) is 46.5 Å². The summed E-state index contributed by atoms with van der Waals surface area (Å²) in [6.07, 6.45) is -1.79. The molecule has 1 aliphatic heterocycles. The van der Waals surface area contributed by atoms with E-state index in [2.05, 4.69) is 15.2 Å². The summed E-state index contributed by atoms with van der Waals surface area (Å²) in [6, 6.07) is 2.02. The SMILES string of the molecule is Cc1cc2nc(C(F)(F)F)c(=O)n(C(C)C(=O)NCCCN3CCCC3)c2cc1C. The van der Waals surface area contributed by atoms with E-state index in [1.165, 1.54) is 25.8 Å². The molecule has 0 bridgehead atoms. The highest BCUT2D eigenvalue weighted by Crippen LogP contribution is 2.28. The van der Waals surface area contributed by atoms with Crippen LogP contribution in [0.1, 0.15) is 49.0 Å². The third kappa shape index (κ3) is 4.66. The number of alkyl halides is 3. The first kappa shape index (κ1) is 22.3. The zero-order valence-electron chi connectivity index (χ0n) is 17.5. The van der Waals surface area contributed by atoms with Crippen LogP contribution in [0.3, 0.4) is 0 Å².